The van der Waals surface area contributed by atoms with Gasteiger partial charge in [0.15, 0.2) is 0 Å². The van der Waals surface area contributed by atoms with Crippen LogP contribution in [0.1, 0.15) is 0 Å². The van der Waals surface area contributed by atoms with Crippen molar-refractivity contribution >= 4 is 6.21 Å². The van der Waals surface area contributed by atoms with Crippen molar-refractivity contribution < 1.29 is 8.78 Å². The summed E-state index contributed by atoms with van der Waals surface area (Å²) in [6.07, 6.45) is -0.224. The molecule has 51 valence electrons. The molecule has 0 aromatic rings. The van der Waals surface area contributed by atoms with E-state index in [9.17, 15) is 8.78 Å². The average Bonchev–Trinajstić information content (AvgIpc) is 1.88. The van der Waals surface area contributed by atoms with Crippen LogP contribution in [0, 0.1) is 17.8 Å². The number of nitriles is 1. The number of allylic oxidation sites excluding steroid dienone is 1. The molecule has 1 radical (unpaired) electrons. The summed E-state index contributed by atoms with van der Waals surface area (Å²) in [6, 6.07) is 1.49. The van der Waals surface area contributed by atoms with Gasteiger partial charge in [0, 0.05) is 6.21 Å². The van der Waals surface area contributed by atoms with E-state index in [1.165, 1.54) is 6.07 Å². The molecule has 1 aliphatic rings. The third-order valence-corrected chi connectivity index (χ3v) is 0.877. The molecule has 1 heterocycles. The molecule has 1 rings (SSSR count). The zero-order chi connectivity index (χ0) is 7.56. The Morgan fingerprint density at radius 3 is 2.80 bits per heavy atom. The highest BCUT2D eigenvalue weighted by Gasteiger charge is 2.15. The van der Waals surface area contributed by atoms with Crippen molar-refractivity contribution in [2.75, 3.05) is 0 Å². The molecule has 0 saturated carbocycles. The van der Waals surface area contributed by atoms with Gasteiger partial charge in [-0.1, -0.05) is 0 Å². The molecule has 0 unspecified atom stereocenters. The highest BCUT2D eigenvalue weighted by molar-refractivity contribution is 5.85. The van der Waals surface area contributed by atoms with Gasteiger partial charge in [0.1, 0.15) is 11.6 Å². The first-order valence-corrected chi connectivity index (χ1v) is 2.37. The fraction of sp³-hybridized carbons (Fsp3) is 0. The predicted molar refractivity (Wildman–Crippen MR) is 29.7 cm³/mol. The Morgan fingerprint density at radius 1 is 1.60 bits per heavy atom. The van der Waals surface area contributed by atoms with Gasteiger partial charge < -0.3 is 5.32 Å². The lowest BCUT2D eigenvalue weighted by Crippen LogP contribution is -2.18. The standard InChI is InChI=1S/C5H2F2N3/c6-4-3(1-8)2-9-5(7)10-4/h2,10H. The summed E-state index contributed by atoms with van der Waals surface area (Å²) in [6.45, 7) is 0. The number of hydrogen-bond acceptors (Lipinski definition) is 3. The van der Waals surface area contributed by atoms with E-state index in [1.54, 1.807) is 5.32 Å². The molecule has 0 saturated heterocycles. The summed E-state index contributed by atoms with van der Waals surface area (Å²) in [7, 11) is 0. The van der Waals surface area contributed by atoms with Gasteiger partial charge in [-0.05, 0) is 0 Å². The van der Waals surface area contributed by atoms with Crippen LogP contribution in [-0.4, -0.2) is 6.21 Å². The number of aliphatic imine (C=N–C) groups is 1. The van der Waals surface area contributed by atoms with E-state index in [0.29, 0.717) is 0 Å². The van der Waals surface area contributed by atoms with Crippen LogP contribution in [0.2, 0.25) is 0 Å². The molecule has 0 aromatic carbocycles. The van der Waals surface area contributed by atoms with Crippen molar-refractivity contribution in [3.8, 4) is 6.07 Å². The van der Waals surface area contributed by atoms with Crippen molar-refractivity contribution in [3.63, 3.8) is 0 Å². The maximum absolute atomic E-state index is 12.3. The van der Waals surface area contributed by atoms with Crippen LogP contribution in [0.3, 0.4) is 0 Å². The largest absolute Gasteiger partial charge is 0.352 e. The highest BCUT2D eigenvalue weighted by atomic mass is 19.2. The van der Waals surface area contributed by atoms with Gasteiger partial charge in [-0.2, -0.15) is 14.0 Å². The zero-order valence-corrected chi connectivity index (χ0v) is 4.73. The highest BCUT2D eigenvalue weighted by Crippen LogP contribution is 2.12. The fourth-order valence-corrected chi connectivity index (χ4v) is 0.446. The van der Waals surface area contributed by atoms with Gasteiger partial charge in [-0.15, -0.1) is 0 Å². The molecule has 0 amide bonds. The summed E-state index contributed by atoms with van der Waals surface area (Å²) in [5.41, 5.74) is -0.304. The summed E-state index contributed by atoms with van der Waals surface area (Å²) in [5.74, 6) is -1.00. The average molecular weight is 142 g/mol. The molecule has 0 aliphatic carbocycles. The van der Waals surface area contributed by atoms with E-state index in [4.69, 9.17) is 5.26 Å². The Balaban J connectivity index is 2.86. The summed E-state index contributed by atoms with van der Waals surface area (Å²) >= 11 is 0. The van der Waals surface area contributed by atoms with Gasteiger partial charge in [-0.25, -0.2) is 4.99 Å². The Morgan fingerprint density at radius 2 is 2.30 bits per heavy atom. The van der Waals surface area contributed by atoms with Crippen LogP contribution in [0.5, 0.6) is 0 Å². The molecule has 0 bridgehead atoms. The van der Waals surface area contributed by atoms with Crippen LogP contribution in [0.15, 0.2) is 16.5 Å². The Hall–Kier alpha value is -1.44. The van der Waals surface area contributed by atoms with Gasteiger partial charge in [0.2, 0.25) is 5.95 Å². The number of halogens is 2. The molecule has 0 atom stereocenters. The normalized spacial score (nSPS) is 18.5. The second-order valence-corrected chi connectivity index (χ2v) is 1.51. The molecular formula is C5H2F2N3. The van der Waals surface area contributed by atoms with Crippen LogP contribution in [-0.2, 0) is 0 Å². The van der Waals surface area contributed by atoms with E-state index >= 15 is 0 Å². The second kappa shape index (κ2) is 2.43. The monoisotopic (exact) mass is 142 g/mol. The van der Waals surface area contributed by atoms with Crippen LogP contribution in [0.4, 0.5) is 8.78 Å². The zero-order valence-electron chi connectivity index (χ0n) is 4.73. The van der Waals surface area contributed by atoms with Crippen molar-refractivity contribution in [2.45, 2.75) is 0 Å². The number of nitrogens with one attached hydrogen (secondary N) is 1. The summed E-state index contributed by atoms with van der Waals surface area (Å²) < 4.78 is 24.3. The van der Waals surface area contributed by atoms with E-state index in [1.807, 2.05) is 0 Å². The quantitative estimate of drug-likeness (QED) is 0.508. The molecule has 5 heteroatoms. The van der Waals surface area contributed by atoms with E-state index in [-0.39, 0.29) is 5.57 Å². The maximum Gasteiger partial charge on any atom is 0.352 e. The van der Waals surface area contributed by atoms with Gasteiger partial charge in [-0.3, -0.25) is 0 Å². The van der Waals surface area contributed by atoms with Gasteiger partial charge in [0.25, 0.3) is 0 Å². The van der Waals surface area contributed by atoms with Crippen molar-refractivity contribution in [1.82, 2.24) is 5.32 Å². The fourth-order valence-electron chi connectivity index (χ4n) is 0.446. The third-order valence-electron chi connectivity index (χ3n) is 0.877. The molecule has 0 spiro atoms. The van der Waals surface area contributed by atoms with Crippen molar-refractivity contribution in [1.29, 1.82) is 5.26 Å². The molecule has 0 fully saturated rings. The minimum absolute atomic E-state index is 0.304. The molecule has 0 aromatic heterocycles. The Labute approximate surface area is 55.7 Å². The first kappa shape index (κ1) is 6.68. The van der Waals surface area contributed by atoms with Gasteiger partial charge in [0.05, 0.1) is 0 Å². The maximum atomic E-state index is 12.3. The first-order valence-electron chi connectivity index (χ1n) is 2.37. The smallest absolute Gasteiger partial charge is 0.304 e. The molecule has 10 heavy (non-hydrogen) atoms. The third kappa shape index (κ3) is 1.10. The molecule has 3 nitrogen and oxygen atoms in total. The molecule has 1 N–H and O–H groups in total. The Bertz CT molecular complexity index is 238. The lowest BCUT2D eigenvalue weighted by atomic mass is 10.3. The lowest BCUT2D eigenvalue weighted by molar-refractivity contribution is 0.397. The minimum atomic E-state index is -1.04. The topological polar surface area (TPSA) is 48.2 Å². The summed E-state index contributed by atoms with van der Waals surface area (Å²) in [5, 5.41) is 9.76. The lowest BCUT2D eigenvalue weighted by Gasteiger charge is -2.06. The second-order valence-electron chi connectivity index (χ2n) is 1.51. The number of nitrogens with zero attached hydrogens (tertiary/aromatic N) is 2. The molecule has 1 aliphatic heterocycles. The van der Waals surface area contributed by atoms with E-state index in [2.05, 4.69) is 4.99 Å². The number of rotatable bonds is 0. The first-order chi connectivity index (χ1) is 4.74. The minimum Gasteiger partial charge on any atom is -0.304 e. The van der Waals surface area contributed by atoms with Crippen molar-refractivity contribution in [3.05, 3.63) is 17.9 Å². The van der Waals surface area contributed by atoms with Crippen LogP contribution < -0.4 is 5.32 Å². The SMILES string of the molecule is N#CC1=C(F)N[C](F)N=C1. The number of hydrogen-bond donors (Lipinski definition) is 1. The van der Waals surface area contributed by atoms with E-state index < -0.39 is 12.4 Å². The predicted octanol–water partition coefficient (Wildman–Crippen LogP) is 0.782. The van der Waals surface area contributed by atoms with Gasteiger partial charge >= 0.3 is 6.42 Å². The van der Waals surface area contributed by atoms with Crippen molar-refractivity contribution in [2.24, 2.45) is 4.99 Å². The van der Waals surface area contributed by atoms with Crippen LogP contribution in [0.25, 0.3) is 0 Å². The van der Waals surface area contributed by atoms with Crippen LogP contribution >= 0.6 is 0 Å². The van der Waals surface area contributed by atoms with E-state index in [0.717, 1.165) is 6.21 Å². The summed E-state index contributed by atoms with van der Waals surface area (Å²) in [4.78, 5) is 3.03. The molecular weight excluding hydrogens is 140 g/mol. The Kier molecular flexibility index (Phi) is 1.63.